The monoisotopic (exact) mass is 740 g/mol. The Balaban J connectivity index is 1.23. The Morgan fingerprint density at radius 3 is 1.26 bits per heavy atom. The summed E-state index contributed by atoms with van der Waals surface area (Å²) in [5, 5.41) is 4.66. The molecule has 0 fully saturated rings. The molecule has 11 rings (SSSR count). The molecule has 3 heterocycles. The number of rotatable bonds is 6. The molecule has 0 spiro atoms. The van der Waals surface area contributed by atoms with Crippen LogP contribution < -0.4 is 0 Å². The van der Waals surface area contributed by atoms with Gasteiger partial charge in [0.1, 0.15) is 0 Å². The fourth-order valence-corrected chi connectivity index (χ4v) is 8.39. The van der Waals surface area contributed by atoms with Crippen LogP contribution in [0.25, 0.3) is 105 Å². The fourth-order valence-electron chi connectivity index (χ4n) is 8.39. The van der Waals surface area contributed by atoms with Gasteiger partial charge in [0.25, 0.3) is 0 Å². The molecule has 58 heavy (non-hydrogen) atoms. The lowest BCUT2D eigenvalue weighted by Gasteiger charge is -2.18. The predicted octanol–water partition coefficient (Wildman–Crippen LogP) is 13.3. The molecule has 3 aromatic heterocycles. The van der Waals surface area contributed by atoms with Crippen LogP contribution in [0.5, 0.6) is 0 Å². The maximum Gasteiger partial charge on any atom is 0.189 e. The maximum atomic E-state index is 8.03. The topological polar surface area (TPSA) is 52.9 Å². The Hall–Kier alpha value is -8.14. The zero-order valence-electron chi connectivity index (χ0n) is 31.2. The number of hydrogen-bond acceptors (Lipinski definition) is 3. The third-order valence-electron chi connectivity index (χ3n) is 11.0. The van der Waals surface area contributed by atoms with Gasteiger partial charge in [0.05, 0.1) is 34.3 Å². The van der Waals surface area contributed by atoms with E-state index in [-0.39, 0.29) is 0 Å². The van der Waals surface area contributed by atoms with Crippen molar-refractivity contribution in [2.24, 2.45) is 0 Å². The van der Waals surface area contributed by atoms with Crippen LogP contribution in [0.4, 0.5) is 5.69 Å². The minimum Gasteiger partial charge on any atom is -0.310 e. The van der Waals surface area contributed by atoms with E-state index in [1.54, 1.807) is 0 Å². The first-order valence-corrected chi connectivity index (χ1v) is 19.2. The summed E-state index contributed by atoms with van der Waals surface area (Å²) in [5.74, 6) is 1.74. The van der Waals surface area contributed by atoms with Crippen LogP contribution in [0.15, 0.2) is 194 Å². The van der Waals surface area contributed by atoms with Crippen molar-refractivity contribution in [2.75, 3.05) is 0 Å². The van der Waals surface area contributed by atoms with Gasteiger partial charge in [-0.05, 0) is 48.0 Å². The van der Waals surface area contributed by atoms with E-state index in [0.717, 1.165) is 72.0 Å². The van der Waals surface area contributed by atoms with Gasteiger partial charge >= 0.3 is 0 Å². The molecule has 0 bridgehead atoms. The van der Waals surface area contributed by atoms with E-state index in [1.165, 1.54) is 10.8 Å². The second kappa shape index (κ2) is 13.6. The standard InChI is InChI=1S/C52H32N6/c1-53-37-29-30-38(49(33-37)58-46-26-14-10-22-41(46)42-23-11-15-27-47(42)58)36-28-31-48(57-44-24-12-8-20-39(44)40-21-9-13-25-45(40)57)43(32-36)52-55-50(34-16-4-2-5-17-34)54-51(56-52)35-18-6-3-7-19-35/h2-33H. The average Bonchev–Trinajstić information content (AvgIpc) is 3.82. The highest BCUT2D eigenvalue weighted by molar-refractivity contribution is 6.11. The van der Waals surface area contributed by atoms with Crippen LogP contribution in [-0.4, -0.2) is 24.1 Å². The van der Waals surface area contributed by atoms with Gasteiger partial charge in [-0.25, -0.2) is 19.8 Å². The van der Waals surface area contributed by atoms with Crippen molar-refractivity contribution in [3.63, 3.8) is 0 Å². The van der Waals surface area contributed by atoms with Gasteiger partial charge in [-0.1, -0.05) is 152 Å². The Bertz CT molecular complexity index is 3240. The average molecular weight is 741 g/mol. The molecule has 0 atom stereocenters. The molecule has 0 aliphatic rings. The number of hydrogen-bond donors (Lipinski definition) is 0. The highest BCUT2D eigenvalue weighted by Crippen LogP contribution is 2.42. The molecule has 6 nitrogen and oxygen atoms in total. The number of fused-ring (bicyclic) bond motifs is 6. The largest absolute Gasteiger partial charge is 0.310 e. The molecule has 0 saturated carbocycles. The molecule has 0 N–H and O–H groups in total. The number of para-hydroxylation sites is 4. The predicted molar refractivity (Wildman–Crippen MR) is 237 cm³/mol. The van der Waals surface area contributed by atoms with Crippen LogP contribution in [0, 0.1) is 6.57 Å². The summed E-state index contributed by atoms with van der Waals surface area (Å²) in [4.78, 5) is 19.5. The van der Waals surface area contributed by atoms with E-state index in [2.05, 4.69) is 135 Å². The molecule has 0 amide bonds. The van der Waals surface area contributed by atoms with Gasteiger partial charge in [-0.3, -0.25) is 0 Å². The summed E-state index contributed by atoms with van der Waals surface area (Å²) in [6.07, 6.45) is 0. The van der Waals surface area contributed by atoms with Gasteiger partial charge in [0.15, 0.2) is 23.2 Å². The number of nitrogens with zero attached hydrogens (tertiary/aromatic N) is 6. The van der Waals surface area contributed by atoms with Crippen LogP contribution in [0.3, 0.4) is 0 Å². The number of benzene rings is 8. The minimum absolute atomic E-state index is 0.558. The molecular weight excluding hydrogens is 709 g/mol. The van der Waals surface area contributed by atoms with Gasteiger partial charge < -0.3 is 9.13 Å². The van der Waals surface area contributed by atoms with Crippen molar-refractivity contribution in [2.45, 2.75) is 0 Å². The van der Waals surface area contributed by atoms with Crippen LogP contribution in [0.1, 0.15) is 0 Å². The lowest BCUT2D eigenvalue weighted by atomic mass is 9.98. The van der Waals surface area contributed by atoms with E-state index in [9.17, 15) is 0 Å². The summed E-state index contributed by atoms with van der Waals surface area (Å²) in [6.45, 7) is 8.03. The Morgan fingerprint density at radius 2 is 0.776 bits per heavy atom. The molecule has 270 valence electrons. The van der Waals surface area contributed by atoms with Crippen LogP contribution in [-0.2, 0) is 0 Å². The molecule has 0 saturated heterocycles. The third kappa shape index (κ3) is 5.37. The van der Waals surface area contributed by atoms with Crippen molar-refractivity contribution in [3.8, 4) is 56.7 Å². The number of aromatic nitrogens is 5. The van der Waals surface area contributed by atoms with E-state index in [1.807, 2.05) is 72.8 Å². The minimum atomic E-state index is 0.558. The van der Waals surface area contributed by atoms with Crippen molar-refractivity contribution >= 4 is 49.3 Å². The summed E-state index contributed by atoms with van der Waals surface area (Å²) in [6, 6.07) is 66.8. The van der Waals surface area contributed by atoms with Crippen molar-refractivity contribution in [1.29, 1.82) is 0 Å². The van der Waals surface area contributed by atoms with Gasteiger partial charge in [-0.15, -0.1) is 0 Å². The maximum absolute atomic E-state index is 8.03. The van der Waals surface area contributed by atoms with Crippen LogP contribution in [0.2, 0.25) is 0 Å². The van der Waals surface area contributed by atoms with Crippen molar-refractivity contribution in [3.05, 3.63) is 206 Å². The quantitative estimate of drug-likeness (QED) is 0.160. The molecule has 0 aliphatic carbocycles. The summed E-state index contributed by atoms with van der Waals surface area (Å²) in [7, 11) is 0. The molecule has 0 aliphatic heterocycles. The van der Waals surface area contributed by atoms with Crippen molar-refractivity contribution < 1.29 is 0 Å². The van der Waals surface area contributed by atoms with E-state index < -0.39 is 0 Å². The van der Waals surface area contributed by atoms with E-state index >= 15 is 0 Å². The van der Waals surface area contributed by atoms with Gasteiger partial charge in [0, 0.05) is 49.5 Å². The molecule has 8 aromatic carbocycles. The molecule has 11 aromatic rings. The lowest BCUT2D eigenvalue weighted by Crippen LogP contribution is -2.04. The smallest absolute Gasteiger partial charge is 0.189 e. The first-order chi connectivity index (χ1) is 28.7. The van der Waals surface area contributed by atoms with E-state index in [4.69, 9.17) is 21.5 Å². The second-order valence-electron chi connectivity index (χ2n) is 14.3. The van der Waals surface area contributed by atoms with Gasteiger partial charge in [-0.2, -0.15) is 0 Å². The van der Waals surface area contributed by atoms with Crippen LogP contribution >= 0.6 is 0 Å². The first kappa shape index (κ1) is 33.2. The highest BCUT2D eigenvalue weighted by atomic mass is 15.1. The molecule has 6 heteroatoms. The lowest BCUT2D eigenvalue weighted by molar-refractivity contribution is 1.06. The zero-order chi connectivity index (χ0) is 38.6. The normalized spacial score (nSPS) is 11.4. The first-order valence-electron chi connectivity index (χ1n) is 19.2. The molecule has 0 radical (unpaired) electrons. The van der Waals surface area contributed by atoms with Gasteiger partial charge in [0.2, 0.25) is 0 Å². The highest BCUT2D eigenvalue weighted by Gasteiger charge is 2.22. The Morgan fingerprint density at radius 1 is 0.345 bits per heavy atom. The fraction of sp³-hybridized carbons (Fsp3) is 0. The summed E-state index contributed by atoms with van der Waals surface area (Å²) >= 11 is 0. The second-order valence-corrected chi connectivity index (χ2v) is 14.3. The Kier molecular flexibility index (Phi) is 7.76. The zero-order valence-corrected chi connectivity index (χ0v) is 31.2. The molecule has 0 unspecified atom stereocenters. The SMILES string of the molecule is [C-]#[N+]c1ccc(-c2ccc(-n3c4ccccc4c4ccccc43)c(-c3nc(-c4ccccc4)nc(-c4ccccc4)n3)c2)c(-n2c3ccccc3c3ccccc32)c1. The molecular formula is C52H32N6. The Labute approximate surface area is 334 Å². The van der Waals surface area contributed by atoms with E-state index in [0.29, 0.717) is 23.2 Å². The third-order valence-corrected chi connectivity index (χ3v) is 11.0. The summed E-state index contributed by atoms with van der Waals surface area (Å²) < 4.78 is 4.62. The summed E-state index contributed by atoms with van der Waals surface area (Å²) in [5.41, 5.74) is 11.4. The van der Waals surface area contributed by atoms with Crippen molar-refractivity contribution in [1.82, 2.24) is 24.1 Å².